The predicted molar refractivity (Wildman–Crippen MR) is 60.0 cm³/mol. The molecule has 0 amide bonds. The molecule has 0 atom stereocenters. The Morgan fingerprint density at radius 2 is 2.00 bits per heavy atom. The van der Waals surface area contributed by atoms with Gasteiger partial charge < -0.3 is 5.11 Å². The summed E-state index contributed by atoms with van der Waals surface area (Å²) in [6.07, 6.45) is 0. The predicted octanol–water partition coefficient (Wildman–Crippen LogP) is 2.17. The summed E-state index contributed by atoms with van der Waals surface area (Å²) in [7, 11) is 0. The lowest BCUT2D eigenvalue weighted by Gasteiger charge is -2.02. The van der Waals surface area contributed by atoms with Crippen molar-refractivity contribution < 1.29 is 5.11 Å². The van der Waals surface area contributed by atoms with E-state index < -0.39 is 0 Å². The van der Waals surface area contributed by atoms with Crippen LogP contribution in [0.1, 0.15) is 5.56 Å². The maximum absolute atomic E-state index is 8.54. The number of halogens is 1. The standard InChI is InChI=1S/C9H12BrNOS/c10-7-8-1-3-9(4-2-8)13-11-5-6-12/h1-4,11-12H,5-7H2. The third-order valence-electron chi connectivity index (χ3n) is 1.48. The highest BCUT2D eigenvalue weighted by Crippen LogP contribution is 2.15. The summed E-state index contributed by atoms with van der Waals surface area (Å²) in [6.45, 7) is 0.789. The molecule has 0 aromatic heterocycles. The first kappa shape index (κ1) is 11.0. The van der Waals surface area contributed by atoms with Crippen LogP contribution in [0.2, 0.25) is 0 Å². The molecule has 1 aromatic carbocycles. The van der Waals surface area contributed by atoms with Crippen LogP contribution in [-0.2, 0) is 5.33 Å². The summed E-state index contributed by atoms with van der Waals surface area (Å²) in [5.41, 5.74) is 1.27. The molecule has 0 aliphatic rings. The van der Waals surface area contributed by atoms with Crippen molar-refractivity contribution in [3.05, 3.63) is 29.8 Å². The van der Waals surface area contributed by atoms with Gasteiger partial charge in [0.25, 0.3) is 0 Å². The number of alkyl halides is 1. The van der Waals surface area contributed by atoms with Gasteiger partial charge in [-0.1, -0.05) is 28.1 Å². The van der Waals surface area contributed by atoms with Gasteiger partial charge in [0.15, 0.2) is 0 Å². The molecule has 0 saturated heterocycles. The summed E-state index contributed by atoms with van der Waals surface area (Å²) in [5.74, 6) is 0. The molecule has 0 heterocycles. The molecule has 13 heavy (non-hydrogen) atoms. The van der Waals surface area contributed by atoms with Gasteiger partial charge in [0.2, 0.25) is 0 Å². The van der Waals surface area contributed by atoms with E-state index in [0.717, 1.165) is 10.2 Å². The van der Waals surface area contributed by atoms with Gasteiger partial charge in [0.1, 0.15) is 0 Å². The molecule has 1 rings (SSSR count). The zero-order valence-corrected chi connectivity index (χ0v) is 9.57. The molecular weight excluding hydrogens is 250 g/mol. The average Bonchev–Trinajstić information content (AvgIpc) is 2.19. The fourth-order valence-corrected chi connectivity index (χ4v) is 1.83. The van der Waals surface area contributed by atoms with Gasteiger partial charge in [-0.3, -0.25) is 4.72 Å². The molecule has 2 nitrogen and oxygen atoms in total. The van der Waals surface area contributed by atoms with Crippen LogP contribution in [0.15, 0.2) is 29.2 Å². The van der Waals surface area contributed by atoms with E-state index in [1.165, 1.54) is 17.5 Å². The minimum absolute atomic E-state index is 0.173. The van der Waals surface area contributed by atoms with Crippen molar-refractivity contribution in [1.82, 2.24) is 4.72 Å². The van der Waals surface area contributed by atoms with E-state index in [2.05, 4.69) is 44.9 Å². The first-order valence-electron chi connectivity index (χ1n) is 4.02. The zero-order chi connectivity index (χ0) is 9.52. The number of hydrogen-bond donors (Lipinski definition) is 2. The number of nitrogens with one attached hydrogen (secondary N) is 1. The van der Waals surface area contributed by atoms with Crippen molar-refractivity contribution in [1.29, 1.82) is 0 Å². The van der Waals surface area contributed by atoms with Crippen LogP contribution in [0, 0.1) is 0 Å². The van der Waals surface area contributed by atoms with E-state index in [1.54, 1.807) is 0 Å². The highest BCUT2D eigenvalue weighted by Gasteiger charge is 1.93. The number of hydrogen-bond acceptors (Lipinski definition) is 3. The Balaban J connectivity index is 2.40. The molecule has 0 bridgehead atoms. The second-order valence-electron chi connectivity index (χ2n) is 2.50. The molecular formula is C9H12BrNOS. The van der Waals surface area contributed by atoms with E-state index in [0.29, 0.717) is 6.54 Å². The van der Waals surface area contributed by atoms with Gasteiger partial charge in [-0.05, 0) is 29.6 Å². The molecule has 2 N–H and O–H groups in total. The van der Waals surface area contributed by atoms with Crippen molar-refractivity contribution in [2.24, 2.45) is 0 Å². The van der Waals surface area contributed by atoms with E-state index in [1.807, 2.05) is 0 Å². The van der Waals surface area contributed by atoms with Crippen LogP contribution in [0.5, 0.6) is 0 Å². The minimum atomic E-state index is 0.173. The Morgan fingerprint density at radius 3 is 2.54 bits per heavy atom. The van der Waals surface area contributed by atoms with Gasteiger partial charge in [0, 0.05) is 16.8 Å². The van der Waals surface area contributed by atoms with E-state index >= 15 is 0 Å². The third-order valence-corrected chi connectivity index (χ3v) is 2.99. The zero-order valence-electron chi connectivity index (χ0n) is 7.16. The minimum Gasteiger partial charge on any atom is -0.395 e. The van der Waals surface area contributed by atoms with E-state index in [9.17, 15) is 0 Å². The lowest BCUT2D eigenvalue weighted by Crippen LogP contribution is -2.08. The number of aliphatic hydroxyl groups excluding tert-OH is 1. The van der Waals surface area contributed by atoms with Crippen molar-refractivity contribution in [3.8, 4) is 0 Å². The first-order valence-corrected chi connectivity index (χ1v) is 5.96. The summed E-state index contributed by atoms with van der Waals surface area (Å²) in [4.78, 5) is 1.16. The number of benzene rings is 1. The fourth-order valence-electron chi connectivity index (χ4n) is 0.827. The largest absolute Gasteiger partial charge is 0.395 e. The Kier molecular flexibility index (Phi) is 5.46. The lowest BCUT2D eigenvalue weighted by molar-refractivity contribution is 0.302. The average molecular weight is 262 g/mol. The van der Waals surface area contributed by atoms with Crippen molar-refractivity contribution >= 4 is 27.9 Å². The smallest absolute Gasteiger partial charge is 0.0565 e. The number of rotatable bonds is 5. The summed E-state index contributed by atoms with van der Waals surface area (Å²) >= 11 is 4.93. The van der Waals surface area contributed by atoms with Crippen LogP contribution in [-0.4, -0.2) is 18.3 Å². The van der Waals surface area contributed by atoms with Gasteiger partial charge >= 0.3 is 0 Å². The van der Waals surface area contributed by atoms with Gasteiger partial charge in [0.05, 0.1) is 6.61 Å². The van der Waals surface area contributed by atoms with Crippen LogP contribution in [0.3, 0.4) is 0 Å². The van der Waals surface area contributed by atoms with Crippen LogP contribution in [0.4, 0.5) is 0 Å². The van der Waals surface area contributed by atoms with Crippen LogP contribution in [0.25, 0.3) is 0 Å². The molecule has 0 aliphatic heterocycles. The van der Waals surface area contributed by atoms with Crippen molar-refractivity contribution in [2.45, 2.75) is 10.2 Å². The van der Waals surface area contributed by atoms with Gasteiger partial charge in [-0.25, -0.2) is 0 Å². The fraction of sp³-hybridized carbons (Fsp3) is 0.333. The maximum Gasteiger partial charge on any atom is 0.0565 e. The van der Waals surface area contributed by atoms with Crippen molar-refractivity contribution in [3.63, 3.8) is 0 Å². The Bertz CT molecular complexity index is 240. The Hall–Kier alpha value is -0.0300. The SMILES string of the molecule is OCCNSc1ccc(CBr)cc1. The topological polar surface area (TPSA) is 32.3 Å². The quantitative estimate of drug-likeness (QED) is 0.484. The molecule has 0 saturated carbocycles. The van der Waals surface area contributed by atoms with Crippen LogP contribution < -0.4 is 4.72 Å². The molecule has 0 aliphatic carbocycles. The number of aliphatic hydroxyl groups is 1. The van der Waals surface area contributed by atoms with Gasteiger partial charge in [-0.15, -0.1) is 0 Å². The third kappa shape index (κ3) is 4.13. The monoisotopic (exact) mass is 261 g/mol. The summed E-state index contributed by atoms with van der Waals surface area (Å²) < 4.78 is 3.04. The normalized spacial score (nSPS) is 10.3. The lowest BCUT2D eigenvalue weighted by atomic mass is 10.2. The molecule has 0 unspecified atom stereocenters. The molecule has 1 aromatic rings. The second kappa shape index (κ2) is 6.43. The molecule has 0 radical (unpaired) electrons. The van der Waals surface area contributed by atoms with E-state index in [4.69, 9.17) is 5.11 Å². The van der Waals surface area contributed by atoms with E-state index in [-0.39, 0.29) is 6.61 Å². The highest BCUT2D eigenvalue weighted by atomic mass is 79.9. The highest BCUT2D eigenvalue weighted by molar-refractivity contribution is 9.08. The molecule has 0 fully saturated rings. The summed E-state index contributed by atoms with van der Waals surface area (Å²) in [5, 5.41) is 9.44. The Labute approximate surface area is 91.0 Å². The molecule has 72 valence electrons. The van der Waals surface area contributed by atoms with Gasteiger partial charge in [-0.2, -0.15) is 0 Å². The first-order chi connectivity index (χ1) is 6.36. The van der Waals surface area contributed by atoms with Crippen molar-refractivity contribution in [2.75, 3.05) is 13.2 Å². The molecule has 0 spiro atoms. The molecule has 4 heteroatoms. The summed E-state index contributed by atoms with van der Waals surface area (Å²) in [6, 6.07) is 8.28. The maximum atomic E-state index is 8.54. The van der Waals surface area contributed by atoms with Crippen LogP contribution >= 0.6 is 27.9 Å². The second-order valence-corrected chi connectivity index (χ2v) is 4.02. The Morgan fingerprint density at radius 1 is 1.31 bits per heavy atom.